The zero-order valence-electron chi connectivity index (χ0n) is 19.1. The molecule has 0 bridgehead atoms. The van der Waals surface area contributed by atoms with Crippen LogP contribution < -0.4 is 25.5 Å². The van der Waals surface area contributed by atoms with Crippen LogP contribution in [0.2, 0.25) is 5.02 Å². The number of halogens is 2. The Morgan fingerprint density at radius 1 is 0.889 bits per heavy atom. The van der Waals surface area contributed by atoms with Gasteiger partial charge in [-0.25, -0.2) is 9.82 Å². The molecule has 0 heterocycles. The molecule has 186 valence electrons. The molecule has 0 aliphatic carbocycles. The zero-order chi connectivity index (χ0) is 25.9. The van der Waals surface area contributed by atoms with E-state index in [-0.39, 0.29) is 18.2 Å². The highest BCUT2D eigenvalue weighted by molar-refractivity contribution is 6.39. The lowest BCUT2D eigenvalue weighted by atomic mass is 10.2. The van der Waals surface area contributed by atoms with Gasteiger partial charge in [0, 0.05) is 16.4 Å². The van der Waals surface area contributed by atoms with Gasteiger partial charge in [0.15, 0.2) is 18.1 Å². The fraction of sp³-hybridized carbons (Fsp3) is 0.120. The summed E-state index contributed by atoms with van der Waals surface area (Å²) in [6.07, 6.45) is 1.31. The average molecular weight is 513 g/mol. The zero-order valence-corrected chi connectivity index (χ0v) is 19.8. The number of nitrogens with zero attached hydrogens (tertiary/aromatic N) is 1. The van der Waals surface area contributed by atoms with E-state index in [1.165, 1.54) is 18.3 Å². The molecule has 0 aliphatic heterocycles. The SMILES string of the molecule is CCOc1cc(/C=N\NC(=O)C(=O)Nc2ccc(F)cc2)ccc1OCC(=O)Nc1ccc(Cl)cc1. The first-order valence-electron chi connectivity index (χ1n) is 10.7. The first-order chi connectivity index (χ1) is 17.3. The molecule has 0 aromatic heterocycles. The molecule has 0 aliphatic rings. The first-order valence-corrected chi connectivity index (χ1v) is 11.1. The van der Waals surface area contributed by atoms with E-state index in [2.05, 4.69) is 21.2 Å². The normalized spacial score (nSPS) is 10.5. The maximum atomic E-state index is 12.9. The van der Waals surface area contributed by atoms with Crippen LogP contribution in [0, 0.1) is 5.82 Å². The number of hydrogen-bond donors (Lipinski definition) is 3. The molecule has 0 radical (unpaired) electrons. The molecular weight excluding hydrogens is 491 g/mol. The predicted octanol–water partition coefficient (Wildman–Crippen LogP) is 3.98. The molecule has 11 heteroatoms. The minimum atomic E-state index is -1.01. The van der Waals surface area contributed by atoms with Gasteiger partial charge in [-0.15, -0.1) is 0 Å². The Labute approximate surface area is 211 Å². The van der Waals surface area contributed by atoms with Crippen molar-refractivity contribution in [2.45, 2.75) is 6.92 Å². The first kappa shape index (κ1) is 26.2. The monoisotopic (exact) mass is 512 g/mol. The third kappa shape index (κ3) is 8.10. The number of rotatable bonds is 9. The second-order valence-electron chi connectivity index (χ2n) is 7.14. The smallest absolute Gasteiger partial charge is 0.329 e. The summed E-state index contributed by atoms with van der Waals surface area (Å²) in [4.78, 5) is 36.0. The number of carbonyl (C=O) groups is 3. The maximum absolute atomic E-state index is 12.9. The fourth-order valence-corrected chi connectivity index (χ4v) is 2.93. The number of hydrazone groups is 1. The van der Waals surface area contributed by atoms with Crippen molar-refractivity contribution in [1.29, 1.82) is 0 Å². The van der Waals surface area contributed by atoms with Gasteiger partial charge in [-0.05, 0) is 79.2 Å². The van der Waals surface area contributed by atoms with E-state index < -0.39 is 17.6 Å². The van der Waals surface area contributed by atoms with Crippen LogP contribution >= 0.6 is 11.6 Å². The van der Waals surface area contributed by atoms with Crippen molar-refractivity contribution in [2.75, 3.05) is 23.8 Å². The second-order valence-corrected chi connectivity index (χ2v) is 7.58. The number of ether oxygens (including phenoxy) is 2. The Morgan fingerprint density at radius 2 is 1.56 bits per heavy atom. The van der Waals surface area contributed by atoms with Crippen molar-refractivity contribution in [3.63, 3.8) is 0 Å². The maximum Gasteiger partial charge on any atom is 0.329 e. The van der Waals surface area contributed by atoms with Crippen LogP contribution in [0.1, 0.15) is 12.5 Å². The third-order valence-electron chi connectivity index (χ3n) is 4.44. The van der Waals surface area contributed by atoms with E-state index in [0.717, 1.165) is 12.1 Å². The van der Waals surface area contributed by atoms with Crippen LogP contribution in [0.25, 0.3) is 0 Å². The van der Waals surface area contributed by atoms with Crippen molar-refractivity contribution in [2.24, 2.45) is 5.10 Å². The molecule has 0 saturated heterocycles. The van der Waals surface area contributed by atoms with Gasteiger partial charge in [0.1, 0.15) is 5.82 Å². The summed E-state index contributed by atoms with van der Waals surface area (Å²) < 4.78 is 24.1. The molecule has 0 atom stereocenters. The predicted molar refractivity (Wildman–Crippen MR) is 134 cm³/mol. The third-order valence-corrected chi connectivity index (χ3v) is 4.69. The van der Waals surface area contributed by atoms with Gasteiger partial charge >= 0.3 is 11.8 Å². The Bertz CT molecular complexity index is 1250. The van der Waals surface area contributed by atoms with Crippen LogP contribution in [0.5, 0.6) is 11.5 Å². The number of benzene rings is 3. The molecule has 3 aromatic carbocycles. The summed E-state index contributed by atoms with van der Waals surface area (Å²) in [6.45, 7) is 1.88. The average Bonchev–Trinajstić information content (AvgIpc) is 2.86. The quantitative estimate of drug-likeness (QED) is 0.228. The van der Waals surface area contributed by atoms with Crippen molar-refractivity contribution < 1.29 is 28.2 Å². The van der Waals surface area contributed by atoms with Gasteiger partial charge in [0.2, 0.25) is 0 Å². The summed E-state index contributed by atoms with van der Waals surface area (Å²) in [5.41, 5.74) is 3.49. The van der Waals surface area contributed by atoms with Crippen LogP contribution in [0.15, 0.2) is 71.8 Å². The molecule has 0 fully saturated rings. The molecule has 3 amide bonds. The number of hydrogen-bond acceptors (Lipinski definition) is 6. The van der Waals surface area contributed by atoms with Crippen LogP contribution in [-0.2, 0) is 14.4 Å². The molecule has 3 N–H and O–H groups in total. The lowest BCUT2D eigenvalue weighted by Gasteiger charge is -2.12. The summed E-state index contributed by atoms with van der Waals surface area (Å²) in [6, 6.07) is 16.4. The van der Waals surface area contributed by atoms with E-state index >= 15 is 0 Å². The van der Waals surface area contributed by atoms with Gasteiger partial charge in [-0.2, -0.15) is 5.10 Å². The van der Waals surface area contributed by atoms with Crippen molar-refractivity contribution in [3.8, 4) is 11.5 Å². The lowest BCUT2D eigenvalue weighted by molar-refractivity contribution is -0.136. The lowest BCUT2D eigenvalue weighted by Crippen LogP contribution is -2.32. The molecule has 0 unspecified atom stereocenters. The summed E-state index contributed by atoms with van der Waals surface area (Å²) in [7, 11) is 0. The van der Waals surface area contributed by atoms with Gasteiger partial charge < -0.3 is 20.1 Å². The standard InChI is InChI=1S/C25H22ClFN4O5/c1-2-35-22-13-16(14-28-31-25(34)24(33)30-20-10-6-18(27)7-11-20)3-12-21(22)36-15-23(32)29-19-8-4-17(26)5-9-19/h3-14H,2,15H2,1H3,(H,29,32)(H,30,33)(H,31,34)/b28-14-. The topological polar surface area (TPSA) is 118 Å². The van der Waals surface area contributed by atoms with Gasteiger partial charge in [-0.1, -0.05) is 11.6 Å². The van der Waals surface area contributed by atoms with E-state index in [0.29, 0.717) is 34.4 Å². The highest BCUT2D eigenvalue weighted by atomic mass is 35.5. The molecule has 36 heavy (non-hydrogen) atoms. The van der Waals surface area contributed by atoms with Crippen molar-refractivity contribution >= 4 is 46.9 Å². The van der Waals surface area contributed by atoms with Gasteiger partial charge in [0.05, 0.1) is 12.8 Å². The highest BCUT2D eigenvalue weighted by Crippen LogP contribution is 2.28. The van der Waals surface area contributed by atoms with E-state index in [9.17, 15) is 18.8 Å². The van der Waals surface area contributed by atoms with Crippen molar-refractivity contribution in [3.05, 3.63) is 83.1 Å². The van der Waals surface area contributed by atoms with E-state index in [1.54, 1.807) is 49.4 Å². The largest absolute Gasteiger partial charge is 0.490 e. The Morgan fingerprint density at radius 3 is 2.25 bits per heavy atom. The molecule has 3 aromatic rings. The number of nitrogens with one attached hydrogen (secondary N) is 3. The number of anilines is 2. The Kier molecular flexibility index (Phi) is 9.35. The summed E-state index contributed by atoms with van der Waals surface area (Å²) >= 11 is 5.84. The molecule has 0 spiro atoms. The second kappa shape index (κ2) is 12.9. The fourth-order valence-electron chi connectivity index (χ4n) is 2.80. The number of carbonyl (C=O) groups excluding carboxylic acids is 3. The van der Waals surface area contributed by atoms with Crippen LogP contribution in [0.3, 0.4) is 0 Å². The highest BCUT2D eigenvalue weighted by Gasteiger charge is 2.13. The minimum Gasteiger partial charge on any atom is -0.490 e. The summed E-state index contributed by atoms with van der Waals surface area (Å²) in [5.74, 6) is -2.11. The molecule has 9 nitrogen and oxygen atoms in total. The van der Waals surface area contributed by atoms with E-state index in [1.807, 2.05) is 0 Å². The molecule has 3 rings (SSSR count). The Balaban J connectivity index is 1.54. The van der Waals surface area contributed by atoms with Gasteiger partial charge in [0.25, 0.3) is 5.91 Å². The summed E-state index contributed by atoms with van der Waals surface area (Å²) in [5, 5.41) is 9.34. The molecular formula is C25H22ClFN4O5. The molecule has 0 saturated carbocycles. The van der Waals surface area contributed by atoms with Gasteiger partial charge in [-0.3, -0.25) is 14.4 Å². The van der Waals surface area contributed by atoms with Crippen LogP contribution in [-0.4, -0.2) is 37.1 Å². The van der Waals surface area contributed by atoms with Crippen molar-refractivity contribution in [1.82, 2.24) is 5.43 Å². The minimum absolute atomic E-state index is 0.255. The van der Waals surface area contributed by atoms with Crippen LogP contribution in [0.4, 0.5) is 15.8 Å². The number of amides is 3. The Hall–Kier alpha value is -4.44. The van der Waals surface area contributed by atoms with E-state index in [4.69, 9.17) is 21.1 Å².